The van der Waals surface area contributed by atoms with E-state index >= 15 is 0 Å². The topological polar surface area (TPSA) is 84.7 Å². The number of anilines is 1. The molecule has 0 bridgehead atoms. The number of likely N-dealkylation sites (N-methyl/N-ethyl adjacent to an activating group) is 1. The molecule has 10 heteroatoms. The number of carbonyl (C=O) groups is 3. The second-order valence-corrected chi connectivity index (χ2v) is 8.58. The summed E-state index contributed by atoms with van der Waals surface area (Å²) in [5.74, 6) is -0.667. The highest BCUT2D eigenvalue weighted by atomic mass is 19.4. The highest BCUT2D eigenvalue weighted by molar-refractivity contribution is 6.09. The SMILES string of the molecule is CN(C)C(=O)c1cc(C#N)ccc1[C@@H]1C2=C(CCC2=O)N(c2cccc(C(F)(F)F)c2)C(=O)N1C. The molecule has 0 N–H and O–H groups in total. The molecule has 35 heavy (non-hydrogen) atoms. The number of nitriles is 1. The molecule has 180 valence electrons. The van der Waals surface area contributed by atoms with Gasteiger partial charge in [-0.25, -0.2) is 4.79 Å². The summed E-state index contributed by atoms with van der Waals surface area (Å²) >= 11 is 0. The largest absolute Gasteiger partial charge is 0.416 e. The molecule has 0 saturated heterocycles. The van der Waals surface area contributed by atoms with Crippen LogP contribution >= 0.6 is 0 Å². The molecule has 1 aliphatic carbocycles. The third kappa shape index (κ3) is 4.03. The second-order valence-electron chi connectivity index (χ2n) is 8.58. The predicted octanol–water partition coefficient (Wildman–Crippen LogP) is 4.51. The number of halogens is 3. The first kappa shape index (κ1) is 24.0. The Kier molecular flexibility index (Phi) is 5.88. The molecule has 0 radical (unpaired) electrons. The summed E-state index contributed by atoms with van der Waals surface area (Å²) in [6, 6.07) is 9.26. The summed E-state index contributed by atoms with van der Waals surface area (Å²) in [5, 5.41) is 9.32. The van der Waals surface area contributed by atoms with E-state index < -0.39 is 29.7 Å². The molecule has 1 heterocycles. The van der Waals surface area contributed by atoms with Crippen molar-refractivity contribution >= 4 is 23.4 Å². The van der Waals surface area contributed by atoms with Crippen LogP contribution in [0.5, 0.6) is 0 Å². The first-order chi connectivity index (χ1) is 16.5. The Bertz CT molecular complexity index is 1320. The molecule has 0 unspecified atom stereocenters. The predicted molar refractivity (Wildman–Crippen MR) is 120 cm³/mol. The van der Waals surface area contributed by atoms with E-state index in [4.69, 9.17) is 0 Å². The van der Waals surface area contributed by atoms with Crippen LogP contribution in [0.3, 0.4) is 0 Å². The number of carbonyl (C=O) groups excluding carboxylic acids is 3. The van der Waals surface area contributed by atoms with E-state index in [1.54, 1.807) is 20.2 Å². The lowest BCUT2D eigenvalue weighted by atomic mass is 9.88. The van der Waals surface area contributed by atoms with Gasteiger partial charge in [0.15, 0.2) is 5.78 Å². The normalized spacial score (nSPS) is 18.0. The maximum Gasteiger partial charge on any atom is 0.416 e. The van der Waals surface area contributed by atoms with Crippen molar-refractivity contribution in [3.8, 4) is 6.07 Å². The van der Waals surface area contributed by atoms with E-state index in [2.05, 4.69) is 0 Å². The molecule has 2 aliphatic rings. The van der Waals surface area contributed by atoms with Crippen LogP contribution < -0.4 is 4.90 Å². The van der Waals surface area contributed by atoms with Crippen LogP contribution in [-0.4, -0.2) is 48.7 Å². The smallest absolute Gasteiger partial charge is 0.345 e. The summed E-state index contributed by atoms with van der Waals surface area (Å²) in [6.07, 6.45) is -4.34. The summed E-state index contributed by atoms with van der Waals surface area (Å²) in [4.78, 5) is 43.2. The van der Waals surface area contributed by atoms with E-state index in [0.717, 1.165) is 17.0 Å². The second kappa shape index (κ2) is 8.58. The number of hydrogen-bond donors (Lipinski definition) is 0. The Balaban J connectivity index is 1.92. The minimum Gasteiger partial charge on any atom is -0.345 e. The van der Waals surface area contributed by atoms with E-state index in [-0.39, 0.29) is 41.0 Å². The number of ketones is 1. The van der Waals surface area contributed by atoms with Crippen molar-refractivity contribution in [2.24, 2.45) is 0 Å². The molecule has 4 rings (SSSR count). The van der Waals surface area contributed by atoms with Crippen LogP contribution in [0.1, 0.15) is 45.9 Å². The average molecular weight is 482 g/mol. The van der Waals surface area contributed by atoms with Gasteiger partial charge in [-0.05, 0) is 42.3 Å². The Morgan fingerprint density at radius 3 is 2.46 bits per heavy atom. The molecule has 0 saturated carbocycles. The number of benzene rings is 2. The molecular formula is C25H21F3N4O3. The Morgan fingerprint density at radius 2 is 1.83 bits per heavy atom. The Morgan fingerprint density at radius 1 is 1.11 bits per heavy atom. The molecule has 0 aromatic heterocycles. The summed E-state index contributed by atoms with van der Waals surface area (Å²) in [7, 11) is 4.52. The fourth-order valence-corrected chi connectivity index (χ4v) is 4.52. The van der Waals surface area contributed by atoms with Crippen molar-refractivity contribution in [2.45, 2.75) is 25.1 Å². The van der Waals surface area contributed by atoms with Gasteiger partial charge in [0.1, 0.15) is 0 Å². The van der Waals surface area contributed by atoms with Gasteiger partial charge in [-0.1, -0.05) is 12.1 Å². The molecule has 0 spiro atoms. The minimum atomic E-state index is -4.60. The number of nitrogens with zero attached hydrogens (tertiary/aromatic N) is 4. The fourth-order valence-electron chi connectivity index (χ4n) is 4.52. The molecule has 1 aliphatic heterocycles. The molecule has 7 nitrogen and oxygen atoms in total. The standard InChI is InChI=1S/C25H21F3N4O3/c1-30(2)23(34)18-11-14(13-29)7-8-17(18)22-21-19(9-10-20(21)33)32(24(35)31(22)3)16-6-4-5-15(12-16)25(26,27)28/h4-8,11-12,22H,9-10H2,1-3H3/t22-/m1/s1. The third-order valence-electron chi connectivity index (χ3n) is 6.17. The van der Waals surface area contributed by atoms with E-state index in [1.807, 2.05) is 6.07 Å². The monoisotopic (exact) mass is 482 g/mol. The summed E-state index contributed by atoms with van der Waals surface area (Å²) in [6.45, 7) is 0. The summed E-state index contributed by atoms with van der Waals surface area (Å²) < 4.78 is 40.0. The van der Waals surface area contributed by atoms with Gasteiger partial charge in [0.05, 0.1) is 28.9 Å². The highest BCUT2D eigenvalue weighted by Gasteiger charge is 2.46. The lowest BCUT2D eigenvalue weighted by Crippen LogP contribution is -2.48. The van der Waals surface area contributed by atoms with Gasteiger partial charge in [0, 0.05) is 44.4 Å². The molecular weight excluding hydrogens is 461 g/mol. The van der Waals surface area contributed by atoms with Gasteiger partial charge >= 0.3 is 12.2 Å². The number of alkyl halides is 3. The molecule has 2 aromatic carbocycles. The van der Waals surface area contributed by atoms with E-state index in [9.17, 15) is 32.8 Å². The summed E-state index contributed by atoms with van der Waals surface area (Å²) in [5.41, 5.74) is 0.424. The van der Waals surface area contributed by atoms with Gasteiger partial charge < -0.3 is 9.80 Å². The number of urea groups is 1. The van der Waals surface area contributed by atoms with Gasteiger partial charge in [-0.15, -0.1) is 0 Å². The van der Waals surface area contributed by atoms with E-state index in [1.165, 1.54) is 41.1 Å². The zero-order valence-corrected chi connectivity index (χ0v) is 19.2. The maximum absolute atomic E-state index is 13.5. The number of allylic oxidation sites excluding steroid dienone is 1. The number of Topliss-reactive ketones (excluding diaryl/α,β-unsaturated/α-hetero) is 1. The van der Waals surface area contributed by atoms with Crippen molar-refractivity contribution in [1.82, 2.24) is 9.80 Å². The highest BCUT2D eigenvalue weighted by Crippen LogP contribution is 2.45. The number of hydrogen-bond acceptors (Lipinski definition) is 4. The minimum absolute atomic E-state index is 0.00162. The van der Waals surface area contributed by atoms with Gasteiger partial charge in [-0.3, -0.25) is 14.5 Å². The Labute approximate surface area is 199 Å². The van der Waals surface area contributed by atoms with Crippen LogP contribution in [0.4, 0.5) is 23.7 Å². The average Bonchev–Trinajstić information content (AvgIpc) is 3.19. The number of amides is 3. The lowest BCUT2D eigenvalue weighted by molar-refractivity contribution is -0.137. The zero-order chi connectivity index (χ0) is 25.7. The van der Waals surface area contributed by atoms with E-state index in [0.29, 0.717) is 11.3 Å². The first-order valence-corrected chi connectivity index (χ1v) is 10.7. The zero-order valence-electron chi connectivity index (χ0n) is 19.2. The molecule has 0 fully saturated rings. The first-order valence-electron chi connectivity index (χ1n) is 10.7. The quantitative estimate of drug-likeness (QED) is 0.645. The molecule has 2 aromatic rings. The van der Waals surface area contributed by atoms with Crippen molar-refractivity contribution in [3.05, 3.63) is 76.0 Å². The number of rotatable bonds is 3. The molecule has 3 amide bonds. The van der Waals surface area contributed by atoms with Crippen LogP contribution in [-0.2, 0) is 11.0 Å². The van der Waals surface area contributed by atoms with Crippen molar-refractivity contribution in [3.63, 3.8) is 0 Å². The van der Waals surface area contributed by atoms with Gasteiger partial charge in [0.2, 0.25) is 0 Å². The van der Waals surface area contributed by atoms with Crippen LogP contribution in [0.15, 0.2) is 53.7 Å². The maximum atomic E-state index is 13.5. The van der Waals surface area contributed by atoms with Gasteiger partial charge in [-0.2, -0.15) is 18.4 Å². The van der Waals surface area contributed by atoms with Crippen LogP contribution in [0.25, 0.3) is 0 Å². The Hall–Kier alpha value is -4.13. The lowest BCUT2D eigenvalue weighted by Gasteiger charge is -2.41. The van der Waals surface area contributed by atoms with Crippen molar-refractivity contribution < 1.29 is 27.6 Å². The van der Waals surface area contributed by atoms with Crippen LogP contribution in [0, 0.1) is 11.3 Å². The fraction of sp³-hybridized carbons (Fsp3) is 0.280. The van der Waals surface area contributed by atoms with Crippen molar-refractivity contribution in [2.75, 3.05) is 26.0 Å². The molecule has 1 atom stereocenters. The van der Waals surface area contributed by atoms with Gasteiger partial charge in [0.25, 0.3) is 5.91 Å². The van der Waals surface area contributed by atoms with Crippen molar-refractivity contribution in [1.29, 1.82) is 5.26 Å². The van der Waals surface area contributed by atoms with Crippen LogP contribution in [0.2, 0.25) is 0 Å². The third-order valence-corrected chi connectivity index (χ3v) is 6.17.